The number of rotatable bonds is 3. The molecule has 4 atom stereocenters. The van der Waals surface area contributed by atoms with Crippen LogP contribution >= 0.6 is 12.2 Å². The molecule has 20 heavy (non-hydrogen) atoms. The number of halogens is 1. The van der Waals surface area contributed by atoms with Crippen LogP contribution in [-0.2, 0) is 11.3 Å². The number of hydrogen-bond acceptors (Lipinski definition) is 7. The summed E-state index contributed by atoms with van der Waals surface area (Å²) in [6.45, 7) is -1.99. The Morgan fingerprint density at radius 2 is 2.25 bits per heavy atom. The number of H-pyrrole nitrogens is 1. The SMILES string of the molecule is [2H][C@@]1(n2cc(CO)c(=O)[nH]c2=S)O[C@](F)(CO)[C@@H](O)[C@H]1O. The molecule has 2 rings (SSSR count). The minimum absolute atomic E-state index is 0.208. The van der Waals surface area contributed by atoms with E-state index in [0.717, 1.165) is 6.20 Å². The molecular weight excluding hydrogens is 295 g/mol. The van der Waals surface area contributed by atoms with E-state index >= 15 is 0 Å². The Balaban J connectivity index is 2.61. The van der Waals surface area contributed by atoms with Crippen LogP contribution in [0.1, 0.15) is 13.1 Å². The molecule has 1 aromatic rings. The van der Waals surface area contributed by atoms with E-state index in [1.54, 1.807) is 0 Å². The van der Waals surface area contributed by atoms with Crippen molar-refractivity contribution in [3.8, 4) is 0 Å². The fraction of sp³-hybridized carbons (Fsp3) is 0.600. The lowest BCUT2D eigenvalue weighted by molar-refractivity contribution is -0.207. The van der Waals surface area contributed by atoms with E-state index in [2.05, 4.69) is 9.72 Å². The summed E-state index contributed by atoms with van der Waals surface area (Å²) in [5.74, 6) is -3.06. The van der Waals surface area contributed by atoms with Crippen molar-refractivity contribution >= 4 is 12.2 Å². The van der Waals surface area contributed by atoms with Crippen LogP contribution in [0.15, 0.2) is 11.0 Å². The number of nitrogens with one attached hydrogen (secondary N) is 1. The van der Waals surface area contributed by atoms with Gasteiger partial charge in [0, 0.05) is 6.20 Å². The molecule has 112 valence electrons. The second-order valence-electron chi connectivity index (χ2n) is 4.22. The maximum atomic E-state index is 14.1. The van der Waals surface area contributed by atoms with Crippen LogP contribution in [0.3, 0.4) is 0 Å². The fourth-order valence-electron chi connectivity index (χ4n) is 1.77. The van der Waals surface area contributed by atoms with Gasteiger partial charge in [0.2, 0.25) is 0 Å². The molecule has 8 nitrogen and oxygen atoms in total. The highest BCUT2D eigenvalue weighted by Gasteiger charge is 2.55. The third kappa shape index (κ3) is 2.30. The van der Waals surface area contributed by atoms with Crippen molar-refractivity contribution in [1.82, 2.24) is 9.55 Å². The van der Waals surface area contributed by atoms with Crippen molar-refractivity contribution in [3.05, 3.63) is 26.9 Å². The highest BCUT2D eigenvalue weighted by molar-refractivity contribution is 7.71. The maximum Gasteiger partial charge on any atom is 0.263 e. The monoisotopic (exact) mass is 309 g/mol. The molecule has 10 heteroatoms. The Morgan fingerprint density at radius 3 is 2.75 bits per heavy atom. The summed E-state index contributed by atoms with van der Waals surface area (Å²) in [6, 6.07) is 0. The molecule has 1 saturated heterocycles. The second-order valence-corrected chi connectivity index (χ2v) is 4.60. The van der Waals surface area contributed by atoms with Crippen LogP contribution in [0.5, 0.6) is 0 Å². The molecule has 2 heterocycles. The van der Waals surface area contributed by atoms with E-state index in [0.29, 0.717) is 4.57 Å². The zero-order chi connectivity index (χ0) is 16.0. The van der Waals surface area contributed by atoms with Gasteiger partial charge in [0.15, 0.2) is 11.0 Å². The lowest BCUT2D eigenvalue weighted by Gasteiger charge is -2.20. The third-order valence-electron chi connectivity index (χ3n) is 2.91. The maximum absolute atomic E-state index is 14.1. The third-order valence-corrected chi connectivity index (χ3v) is 3.21. The van der Waals surface area contributed by atoms with Crippen molar-refractivity contribution < 1.29 is 30.9 Å². The Morgan fingerprint density at radius 1 is 1.60 bits per heavy atom. The summed E-state index contributed by atoms with van der Waals surface area (Å²) in [5, 5.41) is 37.4. The Bertz CT molecular complexity index is 668. The smallest absolute Gasteiger partial charge is 0.263 e. The molecule has 1 aliphatic rings. The van der Waals surface area contributed by atoms with Crippen molar-refractivity contribution in [2.24, 2.45) is 0 Å². The molecule has 0 aliphatic carbocycles. The highest BCUT2D eigenvalue weighted by Crippen LogP contribution is 2.37. The summed E-state index contributed by atoms with van der Waals surface area (Å²) >= 11 is 4.81. The van der Waals surface area contributed by atoms with Crippen LogP contribution in [-0.4, -0.2) is 54.6 Å². The lowest BCUT2D eigenvalue weighted by atomic mass is 10.1. The first-order valence-corrected chi connectivity index (χ1v) is 5.92. The number of aliphatic hydroxyl groups excluding tert-OH is 4. The van der Waals surface area contributed by atoms with Gasteiger partial charge in [0.05, 0.1) is 13.5 Å². The van der Waals surface area contributed by atoms with E-state index in [1.165, 1.54) is 0 Å². The van der Waals surface area contributed by atoms with E-state index in [1.807, 2.05) is 0 Å². The van der Waals surface area contributed by atoms with Crippen molar-refractivity contribution in [2.45, 2.75) is 30.9 Å². The molecule has 1 fully saturated rings. The number of aromatic amines is 1. The van der Waals surface area contributed by atoms with Crippen LogP contribution in [0, 0.1) is 4.77 Å². The van der Waals surface area contributed by atoms with Gasteiger partial charge in [0.25, 0.3) is 11.4 Å². The van der Waals surface area contributed by atoms with Gasteiger partial charge < -0.3 is 25.2 Å². The summed E-state index contributed by atoms with van der Waals surface area (Å²) in [5.41, 5.74) is -0.926. The molecule has 1 aromatic heterocycles. The van der Waals surface area contributed by atoms with E-state index in [4.69, 9.17) is 23.8 Å². The number of alkyl halides is 1. The zero-order valence-corrected chi connectivity index (χ0v) is 10.8. The van der Waals surface area contributed by atoms with Gasteiger partial charge in [-0.25, -0.2) is 4.39 Å². The Labute approximate surface area is 118 Å². The largest absolute Gasteiger partial charge is 0.391 e. The normalized spacial score (nSPS) is 38.0. The summed E-state index contributed by atoms with van der Waals surface area (Å²) < 4.78 is 27.0. The average molecular weight is 309 g/mol. The molecule has 0 spiro atoms. The predicted molar refractivity (Wildman–Crippen MR) is 64.9 cm³/mol. The number of hydrogen-bond donors (Lipinski definition) is 5. The molecule has 0 radical (unpaired) electrons. The van der Waals surface area contributed by atoms with E-state index in [-0.39, 0.29) is 10.3 Å². The standard InChI is InChI=1S/C10H13FN2O6S/c11-10(3-15)6(17)5(16)8(19-10)13-1-4(2-14)7(18)12-9(13)20/h1,5-6,8,14-17H,2-3H2,(H,12,18,20)/t5-,6+,8-,10-/m1/s1/i8D. The molecule has 0 unspecified atom stereocenters. The number of ether oxygens (including phenoxy) is 1. The van der Waals surface area contributed by atoms with Crippen LogP contribution < -0.4 is 5.56 Å². The van der Waals surface area contributed by atoms with Crippen molar-refractivity contribution in [3.63, 3.8) is 0 Å². The minimum Gasteiger partial charge on any atom is -0.391 e. The first-order chi connectivity index (χ1) is 9.69. The first kappa shape index (κ1) is 13.8. The summed E-state index contributed by atoms with van der Waals surface area (Å²) in [7, 11) is 0. The highest BCUT2D eigenvalue weighted by atomic mass is 32.1. The van der Waals surface area contributed by atoms with Gasteiger partial charge in [-0.15, -0.1) is 0 Å². The van der Waals surface area contributed by atoms with Crippen LogP contribution in [0.25, 0.3) is 0 Å². The predicted octanol–water partition coefficient (Wildman–Crippen LogP) is -1.69. The number of aromatic nitrogens is 2. The summed E-state index contributed by atoms with van der Waals surface area (Å²) in [4.78, 5) is 13.6. The Kier molecular flexibility index (Phi) is 3.67. The van der Waals surface area contributed by atoms with Gasteiger partial charge >= 0.3 is 0 Å². The minimum atomic E-state index is -3.06. The summed E-state index contributed by atoms with van der Waals surface area (Å²) in [6.07, 6.45) is -6.01. The molecule has 0 saturated carbocycles. The molecule has 1 aliphatic heterocycles. The van der Waals surface area contributed by atoms with Crippen LogP contribution in [0.4, 0.5) is 4.39 Å². The van der Waals surface area contributed by atoms with Gasteiger partial charge in [-0.3, -0.25) is 14.3 Å². The molecule has 5 N–H and O–H groups in total. The molecule has 0 amide bonds. The van der Waals surface area contributed by atoms with E-state index in [9.17, 15) is 19.4 Å². The zero-order valence-electron chi connectivity index (χ0n) is 11.0. The molecule has 0 aromatic carbocycles. The van der Waals surface area contributed by atoms with Gasteiger partial charge in [-0.2, -0.15) is 0 Å². The molecule has 0 bridgehead atoms. The van der Waals surface area contributed by atoms with Crippen LogP contribution in [0.2, 0.25) is 0 Å². The fourth-order valence-corrected chi connectivity index (χ4v) is 2.01. The van der Waals surface area contributed by atoms with Gasteiger partial charge in [-0.1, -0.05) is 0 Å². The first-order valence-electron chi connectivity index (χ1n) is 6.02. The lowest BCUT2D eigenvalue weighted by Crippen LogP contribution is -2.42. The Hall–Kier alpha value is -1.17. The number of nitrogens with zero attached hydrogens (tertiary/aromatic N) is 1. The van der Waals surface area contributed by atoms with Gasteiger partial charge in [0.1, 0.15) is 18.8 Å². The quantitative estimate of drug-likeness (QED) is 0.421. The van der Waals surface area contributed by atoms with Crippen molar-refractivity contribution in [1.29, 1.82) is 0 Å². The van der Waals surface area contributed by atoms with Gasteiger partial charge in [-0.05, 0) is 12.2 Å². The second kappa shape index (κ2) is 5.31. The topological polar surface area (TPSA) is 128 Å². The number of aliphatic hydroxyl groups is 4. The van der Waals surface area contributed by atoms with Crippen molar-refractivity contribution in [2.75, 3.05) is 6.61 Å². The molecular formula is C10H13FN2O6S. The average Bonchev–Trinajstić information content (AvgIpc) is 2.61. The van der Waals surface area contributed by atoms with E-state index < -0.39 is 43.0 Å².